The van der Waals surface area contributed by atoms with Gasteiger partial charge in [-0.05, 0) is 38.0 Å². The Morgan fingerprint density at radius 3 is 3.00 bits per heavy atom. The van der Waals surface area contributed by atoms with Crippen LogP contribution in [0.3, 0.4) is 0 Å². The van der Waals surface area contributed by atoms with E-state index in [-0.39, 0.29) is 0 Å². The lowest BCUT2D eigenvalue weighted by Crippen LogP contribution is -2.16. The maximum Gasteiger partial charge on any atom is 0.124 e. The quantitative estimate of drug-likeness (QED) is 0.809. The van der Waals surface area contributed by atoms with Crippen LogP contribution in [0.2, 0.25) is 0 Å². The average molecular weight is 296 g/mol. The van der Waals surface area contributed by atoms with Gasteiger partial charge in [0.05, 0.1) is 0 Å². The average Bonchev–Trinajstić information content (AvgIpc) is 3.13. The Morgan fingerprint density at radius 2 is 2.29 bits per heavy atom. The summed E-state index contributed by atoms with van der Waals surface area (Å²) in [7, 11) is 0. The first-order valence-electron chi connectivity index (χ1n) is 6.05. The van der Waals surface area contributed by atoms with Crippen LogP contribution in [0.25, 0.3) is 0 Å². The lowest BCUT2D eigenvalue weighted by atomic mass is 10.2. The molecule has 0 heterocycles. The van der Waals surface area contributed by atoms with Gasteiger partial charge in [-0.15, -0.1) is 0 Å². The van der Waals surface area contributed by atoms with Crippen molar-refractivity contribution in [3.05, 3.63) is 40.4 Å². The molecule has 1 aliphatic carbocycles. The molecule has 1 saturated carbocycles. The summed E-state index contributed by atoms with van der Waals surface area (Å²) in [5.74, 6) is 0.972. The highest BCUT2D eigenvalue weighted by Gasteiger charge is 2.20. The Kier molecular flexibility index (Phi) is 4.63. The summed E-state index contributed by atoms with van der Waals surface area (Å²) in [6.07, 6.45) is 6.63. The molecule has 0 bridgehead atoms. The van der Waals surface area contributed by atoms with Crippen molar-refractivity contribution in [2.75, 3.05) is 6.61 Å². The fourth-order valence-electron chi connectivity index (χ4n) is 1.60. The molecule has 0 unspecified atom stereocenters. The van der Waals surface area contributed by atoms with Crippen molar-refractivity contribution in [2.24, 2.45) is 0 Å². The lowest BCUT2D eigenvalue weighted by Gasteiger charge is -2.11. The van der Waals surface area contributed by atoms with Crippen LogP contribution in [0.4, 0.5) is 0 Å². The Morgan fingerprint density at radius 1 is 1.47 bits per heavy atom. The number of ether oxygens (including phenoxy) is 1. The predicted molar refractivity (Wildman–Crippen MR) is 74.3 cm³/mol. The third-order valence-electron chi connectivity index (χ3n) is 2.75. The van der Waals surface area contributed by atoms with E-state index in [4.69, 9.17) is 4.74 Å². The second kappa shape index (κ2) is 6.22. The summed E-state index contributed by atoms with van der Waals surface area (Å²) in [6, 6.07) is 6.89. The number of nitrogens with one attached hydrogen (secondary N) is 1. The summed E-state index contributed by atoms with van der Waals surface area (Å²) < 4.78 is 6.84. The molecule has 0 aliphatic heterocycles. The van der Waals surface area contributed by atoms with E-state index in [1.165, 1.54) is 18.4 Å². The number of rotatable bonds is 6. The van der Waals surface area contributed by atoms with Crippen molar-refractivity contribution in [3.63, 3.8) is 0 Å². The Labute approximate surface area is 111 Å². The monoisotopic (exact) mass is 295 g/mol. The number of halogens is 1. The number of benzene rings is 1. The summed E-state index contributed by atoms with van der Waals surface area (Å²) in [4.78, 5) is 0. The van der Waals surface area contributed by atoms with Crippen LogP contribution in [0.1, 0.15) is 25.3 Å². The van der Waals surface area contributed by atoms with Crippen molar-refractivity contribution in [3.8, 4) is 5.75 Å². The van der Waals surface area contributed by atoms with E-state index in [1.807, 2.05) is 31.2 Å². The van der Waals surface area contributed by atoms with Gasteiger partial charge in [-0.1, -0.05) is 28.1 Å². The highest BCUT2D eigenvalue weighted by molar-refractivity contribution is 9.10. The van der Waals surface area contributed by atoms with Gasteiger partial charge in [0.25, 0.3) is 0 Å². The highest BCUT2D eigenvalue weighted by Crippen LogP contribution is 2.25. The molecule has 1 aromatic rings. The van der Waals surface area contributed by atoms with E-state index in [0.717, 1.165) is 22.8 Å². The van der Waals surface area contributed by atoms with Gasteiger partial charge in [-0.2, -0.15) is 0 Å². The fraction of sp³-hybridized carbons (Fsp3) is 0.429. The molecule has 0 atom stereocenters. The first kappa shape index (κ1) is 12.7. The summed E-state index contributed by atoms with van der Waals surface area (Å²) >= 11 is 3.50. The van der Waals surface area contributed by atoms with Gasteiger partial charge in [-0.3, -0.25) is 0 Å². The molecule has 92 valence electrons. The second-order valence-electron chi connectivity index (χ2n) is 4.29. The molecule has 1 aromatic carbocycles. The molecule has 0 radical (unpaired) electrons. The van der Waals surface area contributed by atoms with Crippen LogP contribution in [0.5, 0.6) is 5.75 Å². The summed E-state index contributed by atoms with van der Waals surface area (Å²) in [5.41, 5.74) is 1.22. The Hall–Kier alpha value is -0.800. The molecule has 0 aromatic heterocycles. The molecule has 1 aliphatic rings. The molecule has 0 spiro atoms. The van der Waals surface area contributed by atoms with Crippen molar-refractivity contribution < 1.29 is 4.74 Å². The zero-order valence-corrected chi connectivity index (χ0v) is 11.7. The summed E-state index contributed by atoms with van der Waals surface area (Å²) in [5, 5.41) is 3.51. The normalized spacial score (nSPS) is 15.4. The van der Waals surface area contributed by atoms with Crippen molar-refractivity contribution >= 4 is 15.9 Å². The Bertz CT molecular complexity index is 399. The second-order valence-corrected chi connectivity index (χ2v) is 5.20. The third-order valence-corrected chi connectivity index (χ3v) is 3.25. The minimum Gasteiger partial charge on any atom is -0.489 e. The molecular formula is C14H18BrNO. The first-order valence-corrected chi connectivity index (χ1v) is 6.84. The fourth-order valence-corrected chi connectivity index (χ4v) is 2.01. The van der Waals surface area contributed by atoms with Crippen LogP contribution < -0.4 is 10.1 Å². The molecule has 2 rings (SSSR count). The largest absolute Gasteiger partial charge is 0.489 e. The zero-order chi connectivity index (χ0) is 12.1. The van der Waals surface area contributed by atoms with Crippen LogP contribution in [-0.2, 0) is 6.54 Å². The van der Waals surface area contributed by atoms with Crippen LogP contribution in [-0.4, -0.2) is 12.6 Å². The molecule has 3 heteroatoms. The van der Waals surface area contributed by atoms with Crippen LogP contribution in [0, 0.1) is 0 Å². The van der Waals surface area contributed by atoms with Crippen LogP contribution in [0.15, 0.2) is 34.8 Å². The predicted octanol–water partition coefficient (Wildman–Crippen LogP) is 3.66. The minimum atomic E-state index is 0.633. The van der Waals surface area contributed by atoms with E-state index >= 15 is 0 Å². The van der Waals surface area contributed by atoms with Crippen molar-refractivity contribution in [2.45, 2.75) is 32.4 Å². The zero-order valence-electron chi connectivity index (χ0n) is 10.1. The molecule has 1 fully saturated rings. The molecule has 0 saturated heterocycles. The lowest BCUT2D eigenvalue weighted by molar-refractivity contribution is 0.357. The minimum absolute atomic E-state index is 0.633. The topological polar surface area (TPSA) is 21.3 Å². The Balaban J connectivity index is 2.00. The van der Waals surface area contributed by atoms with Gasteiger partial charge in [0, 0.05) is 22.6 Å². The van der Waals surface area contributed by atoms with Gasteiger partial charge >= 0.3 is 0 Å². The van der Waals surface area contributed by atoms with E-state index < -0.39 is 0 Å². The number of allylic oxidation sites excluding steroid dienone is 1. The maximum absolute atomic E-state index is 5.74. The van der Waals surface area contributed by atoms with E-state index in [1.54, 1.807) is 0 Å². The molecule has 1 N–H and O–H groups in total. The molecule has 0 amide bonds. The maximum atomic E-state index is 5.74. The first-order chi connectivity index (χ1) is 8.29. The van der Waals surface area contributed by atoms with Gasteiger partial charge in [0.1, 0.15) is 12.4 Å². The number of hydrogen-bond acceptors (Lipinski definition) is 2. The standard InChI is InChI=1S/C14H18BrNO/c1-2-3-8-17-14-7-4-12(15)9-11(14)10-16-13-5-6-13/h2-4,7,9,13,16H,5-6,8,10H2,1H3/b3-2+. The molecule has 2 nitrogen and oxygen atoms in total. The summed E-state index contributed by atoms with van der Waals surface area (Å²) in [6.45, 7) is 3.52. The van der Waals surface area contributed by atoms with Gasteiger partial charge in [0.15, 0.2) is 0 Å². The van der Waals surface area contributed by atoms with E-state index in [2.05, 4.69) is 27.3 Å². The van der Waals surface area contributed by atoms with Gasteiger partial charge in [-0.25, -0.2) is 0 Å². The smallest absolute Gasteiger partial charge is 0.124 e. The molecule has 17 heavy (non-hydrogen) atoms. The highest BCUT2D eigenvalue weighted by atomic mass is 79.9. The third kappa shape index (κ3) is 4.17. The van der Waals surface area contributed by atoms with Crippen molar-refractivity contribution in [1.29, 1.82) is 0 Å². The SMILES string of the molecule is C/C=C/COc1ccc(Br)cc1CNC1CC1. The molecular weight excluding hydrogens is 278 g/mol. The van der Waals surface area contributed by atoms with Gasteiger partial charge < -0.3 is 10.1 Å². The van der Waals surface area contributed by atoms with Gasteiger partial charge in [0.2, 0.25) is 0 Å². The van der Waals surface area contributed by atoms with Crippen LogP contribution >= 0.6 is 15.9 Å². The number of hydrogen-bond donors (Lipinski definition) is 1. The van der Waals surface area contributed by atoms with E-state index in [9.17, 15) is 0 Å². The van der Waals surface area contributed by atoms with E-state index in [0.29, 0.717) is 6.61 Å². The van der Waals surface area contributed by atoms with Crippen molar-refractivity contribution in [1.82, 2.24) is 5.32 Å².